The van der Waals surface area contributed by atoms with E-state index in [0.717, 1.165) is 29.0 Å². The number of amides is 1. The van der Waals surface area contributed by atoms with Crippen LogP contribution in [0.25, 0.3) is 0 Å². The first-order valence-electron chi connectivity index (χ1n) is 8.71. The fourth-order valence-electron chi connectivity index (χ4n) is 2.57. The molecular weight excluding hydrogens is 340 g/mol. The SMILES string of the molecule is COc1cccc(CCNc2cc(C(=O)Nc3ccc(C)cc3)ncn2)c1. The first-order valence-corrected chi connectivity index (χ1v) is 8.71. The summed E-state index contributed by atoms with van der Waals surface area (Å²) in [5.74, 6) is 1.18. The van der Waals surface area contributed by atoms with Gasteiger partial charge in [0.05, 0.1) is 7.11 Å². The molecule has 0 saturated heterocycles. The molecule has 0 radical (unpaired) electrons. The molecule has 3 aromatic rings. The molecule has 0 fully saturated rings. The maximum Gasteiger partial charge on any atom is 0.274 e. The molecule has 27 heavy (non-hydrogen) atoms. The van der Waals surface area contributed by atoms with Crippen LogP contribution in [0.15, 0.2) is 60.9 Å². The van der Waals surface area contributed by atoms with E-state index in [1.54, 1.807) is 13.2 Å². The van der Waals surface area contributed by atoms with Gasteiger partial charge in [-0.2, -0.15) is 0 Å². The molecule has 0 aliphatic carbocycles. The second-order valence-corrected chi connectivity index (χ2v) is 6.14. The van der Waals surface area contributed by atoms with Crippen LogP contribution in [0.5, 0.6) is 5.75 Å². The van der Waals surface area contributed by atoms with Crippen molar-refractivity contribution >= 4 is 17.4 Å². The van der Waals surface area contributed by atoms with Crippen LogP contribution in [0.2, 0.25) is 0 Å². The topological polar surface area (TPSA) is 76.1 Å². The highest BCUT2D eigenvalue weighted by molar-refractivity contribution is 6.03. The van der Waals surface area contributed by atoms with Crippen molar-refractivity contribution in [2.75, 3.05) is 24.3 Å². The van der Waals surface area contributed by atoms with Gasteiger partial charge in [-0.25, -0.2) is 9.97 Å². The summed E-state index contributed by atoms with van der Waals surface area (Å²) in [7, 11) is 1.65. The third kappa shape index (κ3) is 5.28. The normalized spacial score (nSPS) is 10.3. The highest BCUT2D eigenvalue weighted by atomic mass is 16.5. The Bertz CT molecular complexity index is 910. The Morgan fingerprint density at radius 1 is 1.07 bits per heavy atom. The van der Waals surface area contributed by atoms with E-state index in [1.165, 1.54) is 6.33 Å². The molecule has 0 aliphatic heterocycles. The average Bonchev–Trinajstić information content (AvgIpc) is 2.70. The van der Waals surface area contributed by atoms with Gasteiger partial charge >= 0.3 is 0 Å². The van der Waals surface area contributed by atoms with Crippen molar-refractivity contribution in [3.05, 3.63) is 77.7 Å². The largest absolute Gasteiger partial charge is 0.497 e. The van der Waals surface area contributed by atoms with Gasteiger partial charge in [-0.05, 0) is 43.2 Å². The number of hydrogen-bond donors (Lipinski definition) is 2. The lowest BCUT2D eigenvalue weighted by atomic mass is 10.1. The first kappa shape index (κ1) is 18.4. The lowest BCUT2D eigenvalue weighted by Crippen LogP contribution is -2.15. The molecule has 2 aromatic carbocycles. The van der Waals surface area contributed by atoms with Crippen LogP contribution in [-0.4, -0.2) is 29.5 Å². The molecule has 1 amide bonds. The van der Waals surface area contributed by atoms with Crippen molar-refractivity contribution in [1.29, 1.82) is 0 Å². The van der Waals surface area contributed by atoms with E-state index in [4.69, 9.17) is 4.74 Å². The van der Waals surface area contributed by atoms with Gasteiger partial charge < -0.3 is 15.4 Å². The number of aromatic nitrogens is 2. The van der Waals surface area contributed by atoms with Gasteiger partial charge in [-0.15, -0.1) is 0 Å². The van der Waals surface area contributed by atoms with E-state index >= 15 is 0 Å². The summed E-state index contributed by atoms with van der Waals surface area (Å²) < 4.78 is 5.23. The van der Waals surface area contributed by atoms with Gasteiger partial charge in [-0.3, -0.25) is 4.79 Å². The van der Waals surface area contributed by atoms with Gasteiger partial charge in [0.2, 0.25) is 0 Å². The minimum atomic E-state index is -0.267. The predicted octanol–water partition coefficient (Wildman–Crippen LogP) is 3.70. The lowest BCUT2D eigenvalue weighted by molar-refractivity contribution is 0.102. The molecule has 0 spiro atoms. The third-order valence-corrected chi connectivity index (χ3v) is 4.06. The molecule has 0 bridgehead atoms. The fraction of sp³-hybridized carbons (Fsp3) is 0.190. The Labute approximate surface area is 158 Å². The second kappa shape index (κ2) is 8.80. The standard InChI is InChI=1S/C21H22N4O2/c1-15-6-8-17(9-7-15)25-21(26)19-13-20(24-14-23-19)22-11-10-16-4-3-5-18(12-16)27-2/h3-9,12-14H,10-11H2,1-2H3,(H,25,26)(H,22,23,24). The van der Waals surface area contributed by atoms with E-state index in [1.807, 2.05) is 55.5 Å². The maximum atomic E-state index is 12.4. The fourth-order valence-corrected chi connectivity index (χ4v) is 2.57. The van der Waals surface area contributed by atoms with Crippen molar-refractivity contribution < 1.29 is 9.53 Å². The molecule has 0 unspecified atom stereocenters. The monoisotopic (exact) mass is 362 g/mol. The minimum absolute atomic E-state index is 0.267. The summed E-state index contributed by atoms with van der Waals surface area (Å²) in [5.41, 5.74) is 3.34. The number of rotatable bonds is 7. The zero-order valence-corrected chi connectivity index (χ0v) is 15.4. The van der Waals surface area contributed by atoms with Gasteiger partial charge in [0, 0.05) is 18.3 Å². The van der Waals surface area contributed by atoms with Crippen LogP contribution in [0.3, 0.4) is 0 Å². The average molecular weight is 362 g/mol. The van der Waals surface area contributed by atoms with Crippen molar-refractivity contribution in [2.45, 2.75) is 13.3 Å². The van der Waals surface area contributed by atoms with Crippen LogP contribution in [0, 0.1) is 6.92 Å². The quantitative estimate of drug-likeness (QED) is 0.670. The molecule has 2 N–H and O–H groups in total. The second-order valence-electron chi connectivity index (χ2n) is 6.14. The lowest BCUT2D eigenvalue weighted by Gasteiger charge is -2.08. The summed E-state index contributed by atoms with van der Waals surface area (Å²) in [6.07, 6.45) is 2.20. The summed E-state index contributed by atoms with van der Waals surface area (Å²) in [5, 5.41) is 6.06. The van der Waals surface area contributed by atoms with Crippen LogP contribution >= 0.6 is 0 Å². The zero-order valence-electron chi connectivity index (χ0n) is 15.4. The number of carbonyl (C=O) groups excluding carboxylic acids is 1. The van der Waals surface area contributed by atoms with E-state index in [2.05, 4.69) is 20.6 Å². The van der Waals surface area contributed by atoms with Gasteiger partial charge in [0.25, 0.3) is 5.91 Å². The Hall–Kier alpha value is -3.41. The Kier molecular flexibility index (Phi) is 5.99. The maximum absolute atomic E-state index is 12.4. The highest BCUT2D eigenvalue weighted by Gasteiger charge is 2.09. The van der Waals surface area contributed by atoms with Crippen molar-refractivity contribution in [3.63, 3.8) is 0 Å². The van der Waals surface area contributed by atoms with Crippen molar-refractivity contribution in [1.82, 2.24) is 9.97 Å². The number of carbonyl (C=O) groups is 1. The van der Waals surface area contributed by atoms with Crippen LogP contribution < -0.4 is 15.4 Å². The molecule has 1 heterocycles. The molecule has 3 rings (SSSR count). The molecule has 6 nitrogen and oxygen atoms in total. The predicted molar refractivity (Wildman–Crippen MR) is 106 cm³/mol. The van der Waals surface area contributed by atoms with E-state index < -0.39 is 0 Å². The summed E-state index contributed by atoms with van der Waals surface area (Å²) >= 11 is 0. The molecule has 1 aromatic heterocycles. The minimum Gasteiger partial charge on any atom is -0.497 e. The Morgan fingerprint density at radius 3 is 2.67 bits per heavy atom. The number of anilines is 2. The number of aryl methyl sites for hydroxylation is 1. The molecule has 0 aliphatic rings. The van der Waals surface area contributed by atoms with Crippen molar-refractivity contribution in [3.8, 4) is 5.75 Å². The van der Waals surface area contributed by atoms with Crippen molar-refractivity contribution in [2.24, 2.45) is 0 Å². The molecule has 6 heteroatoms. The van der Waals surface area contributed by atoms with Gasteiger partial charge in [-0.1, -0.05) is 29.8 Å². The Balaban J connectivity index is 1.57. The zero-order chi connectivity index (χ0) is 19.1. The highest BCUT2D eigenvalue weighted by Crippen LogP contribution is 2.14. The summed E-state index contributed by atoms with van der Waals surface area (Å²) in [6.45, 7) is 2.68. The smallest absolute Gasteiger partial charge is 0.274 e. The van der Waals surface area contributed by atoms with E-state index in [0.29, 0.717) is 18.1 Å². The number of ether oxygens (including phenoxy) is 1. The third-order valence-electron chi connectivity index (χ3n) is 4.06. The van der Waals surface area contributed by atoms with Gasteiger partial charge in [0.1, 0.15) is 23.6 Å². The first-order chi connectivity index (χ1) is 13.1. The van der Waals surface area contributed by atoms with Crippen LogP contribution in [-0.2, 0) is 6.42 Å². The number of hydrogen-bond acceptors (Lipinski definition) is 5. The summed E-state index contributed by atoms with van der Waals surface area (Å²) in [6, 6.07) is 17.2. The van der Waals surface area contributed by atoms with Crippen LogP contribution in [0.1, 0.15) is 21.6 Å². The van der Waals surface area contributed by atoms with Crippen LogP contribution in [0.4, 0.5) is 11.5 Å². The Morgan fingerprint density at radius 2 is 1.89 bits per heavy atom. The molecule has 138 valence electrons. The summed E-state index contributed by atoms with van der Waals surface area (Å²) in [4.78, 5) is 20.6. The number of methoxy groups -OCH3 is 1. The van der Waals surface area contributed by atoms with E-state index in [-0.39, 0.29) is 5.91 Å². The number of benzene rings is 2. The van der Waals surface area contributed by atoms with E-state index in [9.17, 15) is 4.79 Å². The van der Waals surface area contributed by atoms with Gasteiger partial charge in [0.15, 0.2) is 0 Å². The molecule has 0 saturated carbocycles. The number of nitrogens with zero attached hydrogens (tertiary/aromatic N) is 2. The molecular formula is C21H22N4O2. The molecule has 0 atom stereocenters. The number of nitrogens with one attached hydrogen (secondary N) is 2.